The third-order valence-electron chi connectivity index (χ3n) is 4.70. The second-order valence-electron chi connectivity index (χ2n) is 6.51. The average Bonchev–Trinajstić information content (AvgIpc) is 3.14. The first kappa shape index (κ1) is 15.3. The van der Waals surface area contributed by atoms with Crippen LogP contribution < -0.4 is 5.56 Å². The van der Waals surface area contributed by atoms with Gasteiger partial charge in [0.2, 0.25) is 0 Å². The smallest absolute Gasteiger partial charge is 0.283 e. The molecule has 0 bridgehead atoms. The van der Waals surface area contributed by atoms with Gasteiger partial charge in [-0.1, -0.05) is 6.92 Å². The molecular formula is C19H15N3O3S. The summed E-state index contributed by atoms with van der Waals surface area (Å²) >= 11 is 1.41. The zero-order valence-electron chi connectivity index (χ0n) is 14.0. The van der Waals surface area contributed by atoms with Crippen molar-refractivity contribution in [2.24, 2.45) is 11.0 Å². The van der Waals surface area contributed by atoms with Crippen molar-refractivity contribution in [2.75, 3.05) is 0 Å². The van der Waals surface area contributed by atoms with E-state index in [4.69, 9.17) is 8.83 Å². The number of hydrogen-bond acceptors (Lipinski definition) is 6. The van der Waals surface area contributed by atoms with Gasteiger partial charge >= 0.3 is 0 Å². The number of aromatic nitrogens is 2. The lowest BCUT2D eigenvalue weighted by Crippen LogP contribution is -2.16. The van der Waals surface area contributed by atoms with Crippen molar-refractivity contribution in [2.45, 2.75) is 19.3 Å². The van der Waals surface area contributed by atoms with Gasteiger partial charge in [0.1, 0.15) is 28.4 Å². The molecular weight excluding hydrogens is 350 g/mol. The van der Waals surface area contributed by atoms with E-state index in [1.54, 1.807) is 18.5 Å². The van der Waals surface area contributed by atoms with E-state index in [9.17, 15) is 4.79 Å². The number of nitrogens with zero attached hydrogens (tertiary/aromatic N) is 3. The Hall–Kier alpha value is -2.93. The van der Waals surface area contributed by atoms with Gasteiger partial charge in [0.15, 0.2) is 0 Å². The third kappa shape index (κ3) is 2.52. The Morgan fingerprint density at radius 1 is 1.38 bits per heavy atom. The monoisotopic (exact) mass is 365 g/mol. The average molecular weight is 365 g/mol. The minimum absolute atomic E-state index is 0.235. The number of hydrogen-bond donors (Lipinski definition) is 0. The molecule has 1 fully saturated rings. The van der Waals surface area contributed by atoms with Crippen LogP contribution in [0.1, 0.15) is 30.8 Å². The molecule has 6 nitrogen and oxygen atoms in total. The largest absolute Gasteiger partial charge is 0.464 e. The van der Waals surface area contributed by atoms with Crippen LogP contribution in [0.15, 0.2) is 61.0 Å². The highest BCUT2D eigenvalue weighted by Gasteiger charge is 2.36. The van der Waals surface area contributed by atoms with Crippen molar-refractivity contribution in [3.8, 4) is 11.3 Å². The summed E-state index contributed by atoms with van der Waals surface area (Å²) < 4.78 is 12.4. The second-order valence-corrected chi connectivity index (χ2v) is 7.36. The summed E-state index contributed by atoms with van der Waals surface area (Å²) in [5, 5.41) is 6.62. The lowest BCUT2D eigenvalue weighted by molar-refractivity contribution is 0.500. The molecule has 0 aliphatic heterocycles. The van der Waals surface area contributed by atoms with Crippen molar-refractivity contribution in [3.63, 3.8) is 0 Å². The van der Waals surface area contributed by atoms with Crippen molar-refractivity contribution in [1.29, 1.82) is 0 Å². The lowest BCUT2D eigenvalue weighted by atomic mass is 10.2. The van der Waals surface area contributed by atoms with E-state index in [1.165, 1.54) is 22.3 Å². The molecule has 1 aliphatic carbocycles. The first-order valence-electron chi connectivity index (χ1n) is 8.37. The molecule has 0 amide bonds. The van der Waals surface area contributed by atoms with Crippen LogP contribution in [-0.4, -0.2) is 15.9 Å². The van der Waals surface area contributed by atoms with E-state index in [2.05, 4.69) is 17.0 Å². The highest BCUT2D eigenvalue weighted by molar-refractivity contribution is 7.17. The van der Waals surface area contributed by atoms with Crippen LogP contribution in [-0.2, 0) is 0 Å². The van der Waals surface area contributed by atoms with Crippen LogP contribution in [0.3, 0.4) is 0 Å². The van der Waals surface area contributed by atoms with Crippen LogP contribution in [0, 0.1) is 5.92 Å². The highest BCUT2D eigenvalue weighted by Crippen LogP contribution is 2.47. The van der Waals surface area contributed by atoms with E-state index in [0.717, 1.165) is 17.7 Å². The number of thiophene rings is 1. The Labute approximate surface area is 152 Å². The van der Waals surface area contributed by atoms with Gasteiger partial charge in [0, 0.05) is 16.9 Å². The summed E-state index contributed by atoms with van der Waals surface area (Å²) in [6.45, 7) is 2.21. The lowest BCUT2D eigenvalue weighted by Gasteiger charge is -1.98. The van der Waals surface area contributed by atoms with Crippen LogP contribution in [0.2, 0.25) is 0 Å². The molecule has 0 radical (unpaired) electrons. The third-order valence-corrected chi connectivity index (χ3v) is 5.58. The number of rotatable bonds is 4. The first-order chi connectivity index (χ1) is 12.7. The normalized spacial score (nSPS) is 19.6. The van der Waals surface area contributed by atoms with Crippen LogP contribution in [0.25, 0.3) is 21.5 Å². The summed E-state index contributed by atoms with van der Waals surface area (Å²) in [6.07, 6.45) is 5.72. The summed E-state index contributed by atoms with van der Waals surface area (Å²) in [7, 11) is 0. The van der Waals surface area contributed by atoms with Gasteiger partial charge in [-0.05, 0) is 36.6 Å². The SMILES string of the molecule is C[C@@H]1C[C@@H]1c1ccc(/C=N\n2cnc3scc(-c4ccco4)c3c2=O)o1. The Balaban J connectivity index is 1.51. The minimum Gasteiger partial charge on any atom is -0.464 e. The first-order valence-corrected chi connectivity index (χ1v) is 9.25. The molecule has 0 aromatic carbocycles. The fraction of sp³-hybridized carbons (Fsp3) is 0.211. The molecule has 0 saturated heterocycles. The van der Waals surface area contributed by atoms with E-state index in [1.807, 2.05) is 23.6 Å². The van der Waals surface area contributed by atoms with Gasteiger partial charge in [0.05, 0.1) is 17.9 Å². The Morgan fingerprint density at radius 2 is 2.27 bits per heavy atom. The highest BCUT2D eigenvalue weighted by atomic mass is 32.1. The molecule has 7 heteroatoms. The molecule has 0 spiro atoms. The Bertz CT molecular complexity index is 1170. The van der Waals surface area contributed by atoms with Gasteiger partial charge in [-0.3, -0.25) is 4.79 Å². The van der Waals surface area contributed by atoms with Crippen molar-refractivity contribution in [3.05, 3.63) is 64.1 Å². The fourth-order valence-electron chi connectivity index (χ4n) is 3.09. The maximum Gasteiger partial charge on any atom is 0.283 e. The summed E-state index contributed by atoms with van der Waals surface area (Å²) in [4.78, 5) is 17.8. The van der Waals surface area contributed by atoms with E-state index >= 15 is 0 Å². The van der Waals surface area contributed by atoms with E-state index < -0.39 is 0 Å². The molecule has 4 aromatic heterocycles. The van der Waals surface area contributed by atoms with E-state index in [0.29, 0.717) is 33.6 Å². The topological polar surface area (TPSA) is 73.5 Å². The van der Waals surface area contributed by atoms with Gasteiger partial charge in [-0.15, -0.1) is 11.3 Å². The maximum atomic E-state index is 12.8. The van der Waals surface area contributed by atoms with Gasteiger partial charge in [-0.25, -0.2) is 4.98 Å². The molecule has 5 rings (SSSR count). The van der Waals surface area contributed by atoms with E-state index in [-0.39, 0.29) is 5.56 Å². The Morgan fingerprint density at radius 3 is 3.04 bits per heavy atom. The molecule has 4 aromatic rings. The number of fused-ring (bicyclic) bond motifs is 1. The summed E-state index contributed by atoms with van der Waals surface area (Å²) in [5.74, 6) is 3.45. The zero-order valence-corrected chi connectivity index (χ0v) is 14.8. The van der Waals surface area contributed by atoms with Crippen LogP contribution in [0.4, 0.5) is 0 Å². The van der Waals surface area contributed by atoms with Crippen LogP contribution >= 0.6 is 11.3 Å². The molecule has 0 N–H and O–H groups in total. The predicted molar refractivity (Wildman–Crippen MR) is 99.8 cm³/mol. The molecule has 0 unspecified atom stereocenters. The fourth-order valence-corrected chi connectivity index (χ4v) is 3.98. The van der Waals surface area contributed by atoms with Crippen LogP contribution in [0.5, 0.6) is 0 Å². The van der Waals surface area contributed by atoms with Gasteiger partial charge in [-0.2, -0.15) is 9.78 Å². The molecule has 26 heavy (non-hydrogen) atoms. The van der Waals surface area contributed by atoms with Crippen molar-refractivity contribution >= 4 is 27.8 Å². The molecule has 1 saturated carbocycles. The molecule has 1 aliphatic rings. The maximum absolute atomic E-state index is 12.8. The second kappa shape index (κ2) is 5.81. The van der Waals surface area contributed by atoms with Crippen molar-refractivity contribution in [1.82, 2.24) is 9.66 Å². The number of furan rings is 2. The molecule has 4 heterocycles. The predicted octanol–water partition coefficient (Wildman–Crippen LogP) is 4.32. The zero-order chi connectivity index (χ0) is 17.7. The van der Waals surface area contributed by atoms with Crippen molar-refractivity contribution < 1.29 is 8.83 Å². The Kier molecular flexibility index (Phi) is 3.43. The standard InChI is InChI=1S/C19H15N3O3S/c1-11-7-13(11)16-5-4-12(25-16)8-21-22-10-20-18-17(19(22)23)14(9-26-18)15-3-2-6-24-15/h2-6,8-11,13H,7H2,1H3/b21-8-/t11-,13+/m1/s1. The van der Waals surface area contributed by atoms with Gasteiger partial charge < -0.3 is 8.83 Å². The molecule has 130 valence electrons. The summed E-state index contributed by atoms with van der Waals surface area (Å²) in [5.41, 5.74) is 0.501. The molecule has 2 atom stereocenters. The van der Waals surface area contributed by atoms with Gasteiger partial charge in [0.25, 0.3) is 5.56 Å². The minimum atomic E-state index is -0.235. The quantitative estimate of drug-likeness (QED) is 0.505. The summed E-state index contributed by atoms with van der Waals surface area (Å²) in [6, 6.07) is 7.47.